The Morgan fingerprint density at radius 3 is 2.88 bits per heavy atom. The molecular weight excluding hydrogens is 224 g/mol. The smallest absolute Gasteiger partial charge is 0.347 e. The van der Waals surface area contributed by atoms with Gasteiger partial charge in [0.05, 0.1) is 10.7 Å². The fraction of sp³-hybridized carbons (Fsp3) is 0.636. The fourth-order valence-electron chi connectivity index (χ4n) is 1.74. The SMILES string of the molecule is CNCC(C)c1nc(C2CC2)c(C(=O)O)s1. The third kappa shape index (κ3) is 2.25. The molecule has 1 fully saturated rings. The first-order valence-corrected chi connectivity index (χ1v) is 6.33. The van der Waals surface area contributed by atoms with Crippen LogP contribution in [0.25, 0.3) is 0 Å². The van der Waals surface area contributed by atoms with E-state index in [-0.39, 0.29) is 5.92 Å². The Morgan fingerprint density at radius 2 is 2.38 bits per heavy atom. The third-order valence-corrected chi connectivity index (χ3v) is 4.05. The van der Waals surface area contributed by atoms with Gasteiger partial charge < -0.3 is 10.4 Å². The summed E-state index contributed by atoms with van der Waals surface area (Å²) < 4.78 is 0. The third-order valence-electron chi connectivity index (χ3n) is 2.76. The molecule has 0 bridgehead atoms. The van der Waals surface area contributed by atoms with Crippen LogP contribution in [0.15, 0.2) is 0 Å². The Balaban J connectivity index is 2.27. The van der Waals surface area contributed by atoms with Gasteiger partial charge in [-0.15, -0.1) is 11.3 Å². The molecule has 1 aromatic heterocycles. The van der Waals surface area contributed by atoms with Gasteiger partial charge >= 0.3 is 5.97 Å². The van der Waals surface area contributed by atoms with Crippen LogP contribution in [0.5, 0.6) is 0 Å². The van der Waals surface area contributed by atoms with Gasteiger partial charge in [-0.3, -0.25) is 0 Å². The zero-order valence-electron chi connectivity index (χ0n) is 9.49. The maximum Gasteiger partial charge on any atom is 0.347 e. The van der Waals surface area contributed by atoms with Gasteiger partial charge in [-0.1, -0.05) is 6.92 Å². The summed E-state index contributed by atoms with van der Waals surface area (Å²) in [5, 5.41) is 13.1. The molecule has 0 radical (unpaired) electrons. The molecule has 2 N–H and O–H groups in total. The average molecular weight is 240 g/mol. The van der Waals surface area contributed by atoms with Crippen LogP contribution in [0, 0.1) is 0 Å². The van der Waals surface area contributed by atoms with Crippen molar-refractivity contribution in [2.24, 2.45) is 0 Å². The molecule has 0 amide bonds. The van der Waals surface area contributed by atoms with Gasteiger partial charge in [0.15, 0.2) is 0 Å². The number of carbonyl (C=O) groups is 1. The van der Waals surface area contributed by atoms with Gasteiger partial charge in [0.1, 0.15) is 4.88 Å². The lowest BCUT2D eigenvalue weighted by Crippen LogP contribution is -2.14. The molecule has 1 aromatic rings. The zero-order valence-corrected chi connectivity index (χ0v) is 10.3. The van der Waals surface area contributed by atoms with Crippen LogP contribution in [0.4, 0.5) is 0 Å². The van der Waals surface area contributed by atoms with Crippen LogP contribution in [0.3, 0.4) is 0 Å². The quantitative estimate of drug-likeness (QED) is 0.826. The maximum atomic E-state index is 11.1. The molecule has 16 heavy (non-hydrogen) atoms. The Labute approximate surface area is 98.7 Å². The molecule has 1 saturated carbocycles. The Bertz CT molecular complexity index is 399. The predicted molar refractivity (Wildman–Crippen MR) is 63.4 cm³/mol. The zero-order chi connectivity index (χ0) is 11.7. The lowest BCUT2D eigenvalue weighted by molar-refractivity contribution is 0.0700. The molecule has 1 atom stereocenters. The number of nitrogens with zero attached hydrogens (tertiary/aromatic N) is 1. The lowest BCUT2D eigenvalue weighted by atomic mass is 10.2. The minimum absolute atomic E-state index is 0.278. The summed E-state index contributed by atoms with van der Waals surface area (Å²) in [5.74, 6) is -0.152. The van der Waals surface area contributed by atoms with Crippen LogP contribution in [-0.4, -0.2) is 29.7 Å². The number of carboxylic acid groups (broad SMARTS) is 1. The number of nitrogens with one attached hydrogen (secondary N) is 1. The number of rotatable bonds is 5. The van der Waals surface area contributed by atoms with E-state index in [2.05, 4.69) is 17.2 Å². The number of thiazole rings is 1. The van der Waals surface area contributed by atoms with Crippen molar-refractivity contribution in [1.82, 2.24) is 10.3 Å². The second kappa shape index (κ2) is 4.51. The largest absolute Gasteiger partial charge is 0.477 e. The van der Waals surface area contributed by atoms with Gasteiger partial charge in [0.2, 0.25) is 0 Å². The number of hydrogen-bond donors (Lipinski definition) is 2. The summed E-state index contributed by atoms with van der Waals surface area (Å²) in [5.41, 5.74) is 0.815. The number of aromatic carboxylic acids is 1. The minimum Gasteiger partial charge on any atom is -0.477 e. The van der Waals surface area contributed by atoms with Crippen molar-refractivity contribution in [3.63, 3.8) is 0 Å². The highest BCUT2D eigenvalue weighted by molar-refractivity contribution is 7.13. The van der Waals surface area contributed by atoms with Gasteiger partial charge in [-0.25, -0.2) is 9.78 Å². The van der Waals surface area contributed by atoms with Crippen molar-refractivity contribution in [3.05, 3.63) is 15.6 Å². The second-order valence-electron chi connectivity index (χ2n) is 4.30. The normalized spacial score (nSPS) is 17.4. The molecule has 0 aromatic carbocycles. The second-order valence-corrected chi connectivity index (χ2v) is 5.34. The van der Waals surface area contributed by atoms with E-state index in [4.69, 9.17) is 5.11 Å². The molecule has 1 aliphatic rings. The van der Waals surface area contributed by atoms with Gasteiger partial charge in [-0.2, -0.15) is 0 Å². The molecule has 0 aliphatic heterocycles. The summed E-state index contributed by atoms with van der Waals surface area (Å²) in [6.07, 6.45) is 2.17. The molecule has 1 heterocycles. The van der Waals surface area contributed by atoms with Crippen molar-refractivity contribution in [2.45, 2.75) is 31.6 Å². The van der Waals surface area contributed by atoms with Crippen molar-refractivity contribution in [2.75, 3.05) is 13.6 Å². The van der Waals surface area contributed by atoms with Crippen LogP contribution >= 0.6 is 11.3 Å². The van der Waals surface area contributed by atoms with E-state index in [1.54, 1.807) is 0 Å². The topological polar surface area (TPSA) is 62.2 Å². The molecular formula is C11H16N2O2S. The molecule has 1 unspecified atom stereocenters. The Morgan fingerprint density at radius 1 is 1.69 bits per heavy atom. The molecule has 5 heteroatoms. The highest BCUT2D eigenvalue weighted by Gasteiger charge is 2.32. The summed E-state index contributed by atoms with van der Waals surface area (Å²) in [6, 6.07) is 0. The van der Waals surface area contributed by atoms with E-state index >= 15 is 0 Å². The first kappa shape index (κ1) is 11.5. The van der Waals surface area contributed by atoms with Crippen LogP contribution in [0.2, 0.25) is 0 Å². The maximum absolute atomic E-state index is 11.1. The van der Waals surface area contributed by atoms with Gasteiger partial charge in [0, 0.05) is 18.4 Å². The van der Waals surface area contributed by atoms with Crippen molar-refractivity contribution in [1.29, 1.82) is 0 Å². The fourth-order valence-corrected chi connectivity index (χ4v) is 2.78. The number of likely N-dealkylation sites (N-methyl/N-ethyl adjacent to an activating group) is 1. The molecule has 88 valence electrons. The Kier molecular flexibility index (Phi) is 3.25. The minimum atomic E-state index is -0.831. The predicted octanol–water partition coefficient (Wildman–Crippen LogP) is 2.04. The van der Waals surface area contributed by atoms with Crippen LogP contribution in [0.1, 0.15) is 52.0 Å². The first-order chi connectivity index (χ1) is 7.63. The standard InChI is InChI=1S/C11H16N2O2S/c1-6(5-12-2)10-13-8(7-3-4-7)9(16-10)11(14)15/h6-7,12H,3-5H2,1-2H3,(H,14,15). The van der Waals surface area contributed by atoms with Gasteiger partial charge in [-0.05, 0) is 19.9 Å². The van der Waals surface area contributed by atoms with E-state index in [0.717, 1.165) is 30.1 Å². The summed E-state index contributed by atoms with van der Waals surface area (Å²) in [7, 11) is 1.89. The summed E-state index contributed by atoms with van der Waals surface area (Å²) >= 11 is 1.33. The van der Waals surface area contributed by atoms with E-state index < -0.39 is 5.97 Å². The molecule has 2 rings (SSSR count). The lowest BCUT2D eigenvalue weighted by Gasteiger charge is -2.05. The molecule has 0 spiro atoms. The highest BCUT2D eigenvalue weighted by atomic mass is 32.1. The van der Waals surface area contributed by atoms with Crippen LogP contribution in [-0.2, 0) is 0 Å². The van der Waals surface area contributed by atoms with Crippen molar-refractivity contribution < 1.29 is 9.90 Å². The van der Waals surface area contributed by atoms with Crippen LogP contribution < -0.4 is 5.32 Å². The van der Waals surface area contributed by atoms with Gasteiger partial charge in [0.25, 0.3) is 0 Å². The Hall–Kier alpha value is -0.940. The summed E-state index contributed by atoms with van der Waals surface area (Å²) in [4.78, 5) is 16.1. The summed E-state index contributed by atoms with van der Waals surface area (Å²) in [6.45, 7) is 2.90. The van der Waals surface area contributed by atoms with E-state index in [9.17, 15) is 4.79 Å². The molecule has 4 nitrogen and oxygen atoms in total. The molecule has 1 aliphatic carbocycles. The van der Waals surface area contributed by atoms with Crippen molar-refractivity contribution in [3.8, 4) is 0 Å². The number of aromatic nitrogens is 1. The monoisotopic (exact) mass is 240 g/mol. The number of carboxylic acids is 1. The van der Waals surface area contributed by atoms with E-state index in [1.165, 1.54) is 11.3 Å². The number of hydrogen-bond acceptors (Lipinski definition) is 4. The van der Waals surface area contributed by atoms with Crippen molar-refractivity contribution >= 4 is 17.3 Å². The average Bonchev–Trinajstić information content (AvgIpc) is 2.97. The molecule has 0 saturated heterocycles. The first-order valence-electron chi connectivity index (χ1n) is 5.52. The van der Waals surface area contributed by atoms with E-state index in [1.807, 2.05) is 7.05 Å². The van der Waals surface area contributed by atoms with E-state index in [0.29, 0.717) is 10.8 Å². The highest BCUT2D eigenvalue weighted by Crippen LogP contribution is 2.43.